The summed E-state index contributed by atoms with van der Waals surface area (Å²) < 4.78 is 2.01. The summed E-state index contributed by atoms with van der Waals surface area (Å²) in [5.41, 5.74) is 1.60. The van der Waals surface area contributed by atoms with Crippen LogP contribution in [0.25, 0.3) is 0 Å². The monoisotopic (exact) mass is 264 g/mol. The van der Waals surface area contributed by atoms with Crippen molar-refractivity contribution in [1.29, 1.82) is 0 Å². The minimum atomic E-state index is 0.264. The van der Waals surface area contributed by atoms with E-state index < -0.39 is 0 Å². The van der Waals surface area contributed by atoms with Crippen molar-refractivity contribution in [2.45, 2.75) is 65.2 Å². The van der Waals surface area contributed by atoms with Crippen LogP contribution in [0.1, 0.15) is 46.1 Å². The Kier molecular flexibility index (Phi) is 4.63. The molecule has 0 aromatic carbocycles. The topological polar surface area (TPSA) is 33.1 Å². The van der Waals surface area contributed by atoms with Gasteiger partial charge in [-0.05, 0) is 26.7 Å². The molecule has 0 amide bonds. The van der Waals surface area contributed by atoms with Crippen LogP contribution in [0.2, 0.25) is 0 Å². The highest BCUT2D eigenvalue weighted by atomic mass is 15.3. The number of nitrogens with zero attached hydrogens (tertiary/aromatic N) is 3. The Labute approximate surface area is 117 Å². The molecule has 0 radical (unpaired) electrons. The highest BCUT2D eigenvalue weighted by Gasteiger charge is 2.35. The van der Waals surface area contributed by atoms with Gasteiger partial charge in [0.15, 0.2) is 0 Å². The standard InChI is InChI=1S/C15H28N4/c1-5-14-11-18(15(4,6-2)12-16-14)9-13-8-17-19(7-3)10-13/h8,10,14,16H,5-7,9,11-12H2,1-4H3. The third-order valence-electron chi connectivity index (χ3n) is 4.61. The van der Waals surface area contributed by atoms with Crippen LogP contribution < -0.4 is 5.32 Å². The molecule has 1 aromatic heterocycles. The number of hydrogen-bond donors (Lipinski definition) is 1. The second-order valence-corrected chi connectivity index (χ2v) is 5.92. The first kappa shape index (κ1) is 14.5. The SMILES string of the molecule is CCC1CN(Cc2cnn(CC)c2)C(C)(CC)CN1. The second-order valence-electron chi connectivity index (χ2n) is 5.92. The largest absolute Gasteiger partial charge is 0.311 e. The molecule has 1 aliphatic rings. The van der Waals surface area contributed by atoms with Crippen molar-refractivity contribution < 1.29 is 0 Å². The van der Waals surface area contributed by atoms with Crippen molar-refractivity contribution in [2.75, 3.05) is 13.1 Å². The molecule has 0 aliphatic carbocycles. The molecule has 1 saturated heterocycles. The fourth-order valence-corrected chi connectivity index (χ4v) is 2.79. The van der Waals surface area contributed by atoms with E-state index in [0.29, 0.717) is 6.04 Å². The van der Waals surface area contributed by atoms with E-state index in [1.54, 1.807) is 0 Å². The summed E-state index contributed by atoms with van der Waals surface area (Å²) in [6.45, 7) is 13.2. The fourth-order valence-electron chi connectivity index (χ4n) is 2.79. The van der Waals surface area contributed by atoms with Crippen LogP contribution in [0.4, 0.5) is 0 Å². The summed E-state index contributed by atoms with van der Waals surface area (Å²) >= 11 is 0. The molecule has 1 fully saturated rings. The normalized spacial score (nSPS) is 28.7. The van der Waals surface area contributed by atoms with Crippen LogP contribution in [-0.4, -0.2) is 39.4 Å². The Bertz CT molecular complexity index is 401. The Hall–Kier alpha value is -0.870. The molecule has 4 heteroatoms. The number of aryl methyl sites for hydroxylation is 1. The maximum absolute atomic E-state index is 4.39. The average Bonchev–Trinajstić information content (AvgIpc) is 2.89. The Morgan fingerprint density at radius 2 is 2.21 bits per heavy atom. The molecule has 1 N–H and O–H groups in total. The summed E-state index contributed by atoms with van der Waals surface area (Å²) in [6.07, 6.45) is 6.57. The van der Waals surface area contributed by atoms with Gasteiger partial charge in [-0.15, -0.1) is 0 Å². The number of hydrogen-bond acceptors (Lipinski definition) is 3. The first-order chi connectivity index (χ1) is 9.11. The van der Waals surface area contributed by atoms with E-state index >= 15 is 0 Å². The maximum Gasteiger partial charge on any atom is 0.0534 e. The lowest BCUT2D eigenvalue weighted by atomic mass is 9.91. The van der Waals surface area contributed by atoms with Crippen molar-refractivity contribution in [3.8, 4) is 0 Å². The maximum atomic E-state index is 4.39. The Morgan fingerprint density at radius 1 is 1.42 bits per heavy atom. The number of nitrogens with one attached hydrogen (secondary N) is 1. The van der Waals surface area contributed by atoms with Crippen molar-refractivity contribution in [3.05, 3.63) is 18.0 Å². The lowest BCUT2D eigenvalue weighted by molar-refractivity contribution is 0.0408. The third kappa shape index (κ3) is 3.18. The van der Waals surface area contributed by atoms with E-state index in [-0.39, 0.29) is 5.54 Å². The minimum Gasteiger partial charge on any atom is -0.311 e. The van der Waals surface area contributed by atoms with Crippen molar-refractivity contribution in [3.63, 3.8) is 0 Å². The lowest BCUT2D eigenvalue weighted by Gasteiger charge is -2.47. The molecule has 4 nitrogen and oxygen atoms in total. The molecule has 2 heterocycles. The van der Waals surface area contributed by atoms with Crippen LogP contribution in [0.15, 0.2) is 12.4 Å². The molecule has 2 atom stereocenters. The smallest absolute Gasteiger partial charge is 0.0534 e. The number of piperazine rings is 1. The zero-order chi connectivity index (χ0) is 13.9. The summed E-state index contributed by atoms with van der Waals surface area (Å²) in [5.74, 6) is 0. The lowest BCUT2D eigenvalue weighted by Crippen LogP contribution is -2.62. The summed E-state index contributed by atoms with van der Waals surface area (Å²) in [4.78, 5) is 2.63. The molecule has 0 saturated carbocycles. The molecule has 108 valence electrons. The molecular weight excluding hydrogens is 236 g/mol. The molecule has 1 aromatic rings. The predicted molar refractivity (Wildman–Crippen MR) is 79.1 cm³/mol. The molecule has 2 rings (SSSR count). The highest BCUT2D eigenvalue weighted by molar-refractivity contribution is 5.07. The molecule has 1 aliphatic heterocycles. The quantitative estimate of drug-likeness (QED) is 0.885. The van der Waals surface area contributed by atoms with E-state index in [1.807, 2.05) is 10.9 Å². The zero-order valence-electron chi connectivity index (χ0n) is 12.8. The van der Waals surface area contributed by atoms with E-state index in [0.717, 1.165) is 26.2 Å². The van der Waals surface area contributed by atoms with Gasteiger partial charge in [0.05, 0.1) is 6.20 Å². The predicted octanol–water partition coefficient (Wildman–Crippen LogP) is 2.26. The minimum absolute atomic E-state index is 0.264. The zero-order valence-corrected chi connectivity index (χ0v) is 12.8. The summed E-state index contributed by atoms with van der Waals surface area (Å²) in [5, 5.41) is 8.07. The van der Waals surface area contributed by atoms with Crippen LogP contribution in [0.5, 0.6) is 0 Å². The van der Waals surface area contributed by atoms with Crippen molar-refractivity contribution >= 4 is 0 Å². The molecule has 0 spiro atoms. The first-order valence-electron chi connectivity index (χ1n) is 7.61. The fraction of sp³-hybridized carbons (Fsp3) is 0.800. The van der Waals surface area contributed by atoms with Gasteiger partial charge >= 0.3 is 0 Å². The van der Waals surface area contributed by atoms with Crippen molar-refractivity contribution in [1.82, 2.24) is 20.0 Å². The molecule has 2 unspecified atom stereocenters. The van der Waals surface area contributed by atoms with Gasteiger partial charge in [0.1, 0.15) is 0 Å². The van der Waals surface area contributed by atoms with Crippen LogP contribution in [0.3, 0.4) is 0 Å². The first-order valence-corrected chi connectivity index (χ1v) is 7.61. The average molecular weight is 264 g/mol. The Morgan fingerprint density at radius 3 is 2.79 bits per heavy atom. The molecule has 19 heavy (non-hydrogen) atoms. The highest BCUT2D eigenvalue weighted by Crippen LogP contribution is 2.25. The van der Waals surface area contributed by atoms with Gasteiger partial charge in [-0.3, -0.25) is 9.58 Å². The second kappa shape index (κ2) is 6.06. The number of rotatable bonds is 5. The van der Waals surface area contributed by atoms with E-state index in [1.165, 1.54) is 18.4 Å². The van der Waals surface area contributed by atoms with Gasteiger partial charge in [0, 0.05) is 49.5 Å². The third-order valence-corrected chi connectivity index (χ3v) is 4.61. The van der Waals surface area contributed by atoms with Gasteiger partial charge in [0.2, 0.25) is 0 Å². The van der Waals surface area contributed by atoms with Gasteiger partial charge < -0.3 is 5.32 Å². The summed E-state index contributed by atoms with van der Waals surface area (Å²) in [6, 6.07) is 0.626. The van der Waals surface area contributed by atoms with E-state index in [9.17, 15) is 0 Å². The Balaban J connectivity index is 2.09. The van der Waals surface area contributed by atoms with Gasteiger partial charge in [-0.2, -0.15) is 5.10 Å². The van der Waals surface area contributed by atoms with Crippen LogP contribution >= 0.6 is 0 Å². The van der Waals surface area contributed by atoms with Crippen molar-refractivity contribution in [2.24, 2.45) is 0 Å². The summed E-state index contributed by atoms with van der Waals surface area (Å²) in [7, 11) is 0. The van der Waals surface area contributed by atoms with E-state index in [4.69, 9.17) is 0 Å². The molecular formula is C15H28N4. The van der Waals surface area contributed by atoms with Crippen LogP contribution in [-0.2, 0) is 13.1 Å². The molecule has 0 bridgehead atoms. The number of aromatic nitrogens is 2. The van der Waals surface area contributed by atoms with Gasteiger partial charge in [-0.1, -0.05) is 13.8 Å². The van der Waals surface area contributed by atoms with Crippen LogP contribution in [0, 0.1) is 0 Å². The van der Waals surface area contributed by atoms with Gasteiger partial charge in [-0.25, -0.2) is 0 Å². The van der Waals surface area contributed by atoms with E-state index in [2.05, 4.69) is 49.2 Å². The van der Waals surface area contributed by atoms with Gasteiger partial charge in [0.25, 0.3) is 0 Å².